The van der Waals surface area contributed by atoms with Crippen molar-refractivity contribution in [3.05, 3.63) is 64.7 Å². The molecular weight excluding hydrogens is 440 g/mol. The molecule has 7 heteroatoms. The van der Waals surface area contributed by atoms with E-state index in [1.54, 1.807) is 4.90 Å². The van der Waals surface area contributed by atoms with Gasteiger partial charge in [0.1, 0.15) is 11.4 Å². The number of nitrogens with one attached hydrogen (secondary N) is 1. The lowest BCUT2D eigenvalue weighted by atomic mass is 9.89. The van der Waals surface area contributed by atoms with Crippen LogP contribution < -0.4 is 15.8 Å². The predicted molar refractivity (Wildman–Crippen MR) is 135 cm³/mol. The third-order valence-corrected chi connectivity index (χ3v) is 7.33. The summed E-state index contributed by atoms with van der Waals surface area (Å²) in [6.07, 6.45) is 1.74. The molecule has 5 rings (SSSR count). The van der Waals surface area contributed by atoms with Gasteiger partial charge in [-0.3, -0.25) is 14.5 Å². The van der Waals surface area contributed by atoms with Crippen molar-refractivity contribution >= 4 is 17.8 Å². The van der Waals surface area contributed by atoms with Crippen molar-refractivity contribution in [3.8, 4) is 5.75 Å². The summed E-state index contributed by atoms with van der Waals surface area (Å²) in [4.78, 5) is 32.7. The Balaban J connectivity index is 1.44. The number of benzene rings is 2. The zero-order valence-corrected chi connectivity index (χ0v) is 21.1. The fraction of sp³-hybridized carbons (Fsp3) is 0.464. The highest BCUT2D eigenvalue weighted by atomic mass is 16.5. The smallest absolute Gasteiger partial charge is 0.251 e. The normalized spacial score (nSPS) is 26.3. The van der Waals surface area contributed by atoms with Crippen LogP contribution >= 0.6 is 0 Å². The van der Waals surface area contributed by atoms with Gasteiger partial charge in [-0.05, 0) is 69.4 Å². The molecule has 7 nitrogen and oxygen atoms in total. The Morgan fingerprint density at radius 2 is 1.86 bits per heavy atom. The summed E-state index contributed by atoms with van der Waals surface area (Å²) in [6.45, 7) is 10.0. The zero-order chi connectivity index (χ0) is 25.1. The molecule has 0 saturated heterocycles. The second-order valence-corrected chi connectivity index (χ2v) is 11.3. The summed E-state index contributed by atoms with van der Waals surface area (Å²) in [6, 6.07) is 13.3. The molecule has 2 amide bonds. The van der Waals surface area contributed by atoms with E-state index in [4.69, 9.17) is 10.5 Å². The Morgan fingerprint density at radius 1 is 1.11 bits per heavy atom. The number of carbonyl (C=O) groups excluding carboxylic acids is 2. The van der Waals surface area contributed by atoms with E-state index >= 15 is 0 Å². The molecule has 0 bridgehead atoms. The van der Waals surface area contributed by atoms with Crippen molar-refractivity contribution in [1.82, 2.24) is 10.2 Å². The van der Waals surface area contributed by atoms with E-state index < -0.39 is 5.54 Å². The summed E-state index contributed by atoms with van der Waals surface area (Å²) in [5, 5.41) is 3.22. The lowest BCUT2D eigenvalue weighted by molar-refractivity contribution is -0.131. The van der Waals surface area contributed by atoms with Crippen LogP contribution in [0.4, 0.5) is 0 Å². The quantitative estimate of drug-likeness (QED) is 0.680. The number of guanidine groups is 1. The van der Waals surface area contributed by atoms with Crippen LogP contribution in [-0.2, 0) is 4.79 Å². The predicted octanol–water partition coefficient (Wildman–Crippen LogP) is 4.59. The fourth-order valence-corrected chi connectivity index (χ4v) is 5.78. The van der Waals surface area contributed by atoms with Crippen molar-refractivity contribution in [2.24, 2.45) is 10.7 Å². The maximum absolute atomic E-state index is 13.4. The summed E-state index contributed by atoms with van der Waals surface area (Å²) in [5.41, 5.74) is 9.08. The minimum atomic E-state index is -0.500. The van der Waals surface area contributed by atoms with Crippen LogP contribution in [-0.4, -0.2) is 33.8 Å². The van der Waals surface area contributed by atoms with Crippen LogP contribution in [0.3, 0.4) is 0 Å². The van der Waals surface area contributed by atoms with Crippen LogP contribution in [0.2, 0.25) is 0 Å². The molecule has 0 spiro atoms. The Hall–Kier alpha value is -3.35. The van der Waals surface area contributed by atoms with Crippen molar-refractivity contribution < 1.29 is 14.3 Å². The molecule has 3 atom stereocenters. The largest absolute Gasteiger partial charge is 0.487 e. The third kappa shape index (κ3) is 4.28. The van der Waals surface area contributed by atoms with E-state index in [0.717, 1.165) is 28.9 Å². The average molecular weight is 475 g/mol. The Bertz CT molecular complexity index is 1230. The van der Waals surface area contributed by atoms with Crippen molar-refractivity contribution in [3.63, 3.8) is 0 Å². The minimum absolute atomic E-state index is 0.0246. The third-order valence-electron chi connectivity index (χ3n) is 7.33. The summed E-state index contributed by atoms with van der Waals surface area (Å²) >= 11 is 0. The first-order chi connectivity index (χ1) is 16.4. The van der Waals surface area contributed by atoms with E-state index in [-0.39, 0.29) is 41.4 Å². The van der Waals surface area contributed by atoms with Crippen LogP contribution in [0.1, 0.15) is 98.9 Å². The molecule has 2 aliphatic heterocycles. The first kappa shape index (κ1) is 23.4. The first-order valence-corrected chi connectivity index (χ1v) is 12.3. The van der Waals surface area contributed by atoms with Crippen LogP contribution in [0.5, 0.6) is 5.75 Å². The molecule has 1 unspecified atom stereocenters. The molecule has 2 heterocycles. The highest BCUT2D eigenvalue weighted by Crippen LogP contribution is 2.45. The molecule has 0 aromatic heterocycles. The number of hydrogen-bond acceptors (Lipinski definition) is 5. The molecule has 3 aliphatic rings. The van der Waals surface area contributed by atoms with Gasteiger partial charge in [-0.2, -0.15) is 0 Å². The zero-order valence-electron chi connectivity index (χ0n) is 21.1. The number of rotatable bonds is 3. The molecule has 0 radical (unpaired) electrons. The molecule has 184 valence electrons. The molecule has 3 N–H and O–H groups in total. The lowest BCUT2D eigenvalue weighted by Gasteiger charge is -2.38. The van der Waals surface area contributed by atoms with Crippen molar-refractivity contribution in [2.75, 3.05) is 0 Å². The van der Waals surface area contributed by atoms with Crippen molar-refractivity contribution in [1.29, 1.82) is 0 Å². The van der Waals surface area contributed by atoms with Gasteiger partial charge < -0.3 is 15.8 Å². The highest BCUT2D eigenvalue weighted by Gasteiger charge is 2.41. The number of fused-ring (bicyclic) bond motifs is 2. The molecular formula is C28H34N4O3. The summed E-state index contributed by atoms with van der Waals surface area (Å²) in [7, 11) is 0. The van der Waals surface area contributed by atoms with Gasteiger partial charge in [0.2, 0.25) is 5.91 Å². The van der Waals surface area contributed by atoms with Crippen LogP contribution in [0.15, 0.2) is 47.5 Å². The molecule has 0 fully saturated rings. The van der Waals surface area contributed by atoms with Crippen LogP contribution in [0.25, 0.3) is 0 Å². The standard InChI is InChI=1S/C28H34N4O3/c1-16-12-22(32-24(33)15-27(2,3)31-26(32)29)20-13-17(10-11-18(16)20)25(34)30-21-14-28(4,5)35-23-9-7-6-8-19(21)23/h6-11,13,16,21-22H,12,14-15H2,1-5H3,(H2,29,31)(H,30,34)/t16-,21?,22-/m0/s1. The Labute approximate surface area is 206 Å². The van der Waals surface area contributed by atoms with Gasteiger partial charge in [-0.25, -0.2) is 4.99 Å². The van der Waals surface area contributed by atoms with Crippen molar-refractivity contribution in [2.45, 2.75) is 83.0 Å². The highest BCUT2D eigenvalue weighted by molar-refractivity contribution is 6.00. The lowest BCUT2D eigenvalue weighted by Crippen LogP contribution is -2.51. The SMILES string of the molecule is C[C@H]1C[C@H](N2C(=O)CC(C)(C)N=C2N)c2cc(C(=O)NC3CC(C)(C)Oc4ccccc43)ccc21. The van der Waals surface area contributed by atoms with Gasteiger partial charge in [-0.15, -0.1) is 0 Å². The number of para-hydroxylation sites is 1. The van der Waals surface area contributed by atoms with Gasteiger partial charge in [0.25, 0.3) is 5.91 Å². The number of nitrogens with zero attached hydrogens (tertiary/aromatic N) is 2. The number of carbonyl (C=O) groups is 2. The Kier molecular flexibility index (Phi) is 5.42. The first-order valence-electron chi connectivity index (χ1n) is 12.3. The second kappa shape index (κ2) is 8.11. The Morgan fingerprint density at radius 3 is 2.60 bits per heavy atom. The monoisotopic (exact) mass is 474 g/mol. The van der Waals surface area contributed by atoms with Gasteiger partial charge in [-0.1, -0.05) is 31.2 Å². The summed E-state index contributed by atoms with van der Waals surface area (Å²) in [5.74, 6) is 1.15. The molecule has 2 aromatic carbocycles. The van der Waals surface area contributed by atoms with E-state index in [2.05, 4.69) is 17.2 Å². The van der Waals surface area contributed by atoms with E-state index in [1.165, 1.54) is 0 Å². The molecule has 1 aliphatic carbocycles. The van der Waals surface area contributed by atoms with E-state index in [0.29, 0.717) is 18.4 Å². The topological polar surface area (TPSA) is 97.0 Å². The number of ether oxygens (including phenoxy) is 1. The number of aliphatic imine (C=N–C) groups is 1. The molecule has 2 aromatic rings. The van der Waals surface area contributed by atoms with Crippen LogP contribution in [0, 0.1) is 0 Å². The van der Waals surface area contributed by atoms with Gasteiger partial charge in [0.15, 0.2) is 5.96 Å². The van der Waals surface area contributed by atoms with E-state index in [1.807, 2.05) is 70.2 Å². The average Bonchev–Trinajstić information content (AvgIpc) is 3.07. The molecule has 0 saturated carbocycles. The maximum atomic E-state index is 13.4. The maximum Gasteiger partial charge on any atom is 0.251 e. The fourth-order valence-electron chi connectivity index (χ4n) is 5.78. The van der Waals surface area contributed by atoms with Gasteiger partial charge in [0.05, 0.1) is 24.0 Å². The van der Waals surface area contributed by atoms with E-state index in [9.17, 15) is 9.59 Å². The van der Waals surface area contributed by atoms with Gasteiger partial charge in [0, 0.05) is 17.5 Å². The summed E-state index contributed by atoms with van der Waals surface area (Å²) < 4.78 is 6.11. The number of amides is 2. The number of nitrogens with two attached hydrogens (primary N) is 1. The second-order valence-electron chi connectivity index (χ2n) is 11.3. The number of hydrogen-bond donors (Lipinski definition) is 2. The minimum Gasteiger partial charge on any atom is -0.487 e. The van der Waals surface area contributed by atoms with Gasteiger partial charge >= 0.3 is 0 Å². The molecule has 35 heavy (non-hydrogen) atoms.